The lowest BCUT2D eigenvalue weighted by Crippen LogP contribution is -2.03. The second-order valence-electron chi connectivity index (χ2n) is 15.3. The first-order valence-corrected chi connectivity index (χ1v) is 19.7. The minimum Gasteiger partial charge on any atom is -0.227 e. The monoisotopic (exact) mass is 734 g/mol. The van der Waals surface area contributed by atoms with E-state index in [1.54, 1.807) is 0 Å². The highest BCUT2D eigenvalue weighted by molar-refractivity contribution is 6.19. The Morgan fingerprint density at radius 1 is 0.448 bits per heavy atom. The number of benzene rings is 8. The summed E-state index contributed by atoms with van der Waals surface area (Å²) in [5.41, 5.74) is 22.0. The maximum Gasteiger partial charge on any atom is 0.160 e. The van der Waals surface area contributed by atoms with Gasteiger partial charge in [0.15, 0.2) is 5.82 Å². The summed E-state index contributed by atoms with van der Waals surface area (Å²) in [6.45, 7) is 0. The number of allylic oxidation sites excluding steroid dienone is 1. The van der Waals surface area contributed by atoms with Crippen LogP contribution in [-0.2, 0) is 6.42 Å². The molecular weight excluding hydrogens is 705 g/mol. The van der Waals surface area contributed by atoms with Gasteiger partial charge in [0.2, 0.25) is 0 Å². The van der Waals surface area contributed by atoms with Gasteiger partial charge in [0.25, 0.3) is 0 Å². The Kier molecular flexibility index (Phi) is 6.85. The number of hydrogen-bond acceptors (Lipinski definition) is 4. The standard InChI is InChI=1S/C54H30N4/c55-29-31-15-19-33(20-16-31)52-49-28-35(36-23-25-46-39-9-3-1-7-37(39)43-12-5-11-42(36)50(43)46)27-48(53(49)58-54(57-52)34-21-17-32(30-56)18-22-34)41-24-26-47-40-10-4-2-8-38(40)44-13-6-14-45(41)51(44)47/h1-5,7-13,15-28H,6,14H2. The summed E-state index contributed by atoms with van der Waals surface area (Å²) in [5, 5.41) is 22.7. The fourth-order valence-electron chi connectivity index (χ4n) is 9.75. The fourth-order valence-corrected chi connectivity index (χ4v) is 9.75. The van der Waals surface area contributed by atoms with Crippen LogP contribution in [0.2, 0.25) is 0 Å². The average Bonchev–Trinajstić information content (AvgIpc) is 3.80. The van der Waals surface area contributed by atoms with E-state index in [0.29, 0.717) is 17.0 Å². The number of nitriles is 2. The molecule has 0 saturated heterocycles. The Labute approximate surface area is 335 Å². The normalized spacial score (nSPS) is 12.8. The first-order chi connectivity index (χ1) is 28.7. The minimum absolute atomic E-state index is 0.580. The molecule has 0 N–H and O–H groups in total. The summed E-state index contributed by atoms with van der Waals surface area (Å²) in [5.74, 6) is 0.580. The van der Waals surface area contributed by atoms with Crippen LogP contribution in [0.25, 0.3) is 106 Å². The van der Waals surface area contributed by atoms with E-state index in [-0.39, 0.29) is 0 Å². The van der Waals surface area contributed by atoms with Gasteiger partial charge in [-0.15, -0.1) is 0 Å². The molecule has 4 nitrogen and oxygen atoms in total. The van der Waals surface area contributed by atoms with Crippen LogP contribution in [0.1, 0.15) is 34.2 Å². The Hall–Kier alpha value is -7.92. The molecule has 0 amide bonds. The third-order valence-electron chi connectivity index (χ3n) is 12.3. The Morgan fingerprint density at radius 3 is 1.78 bits per heavy atom. The van der Waals surface area contributed by atoms with Crippen molar-refractivity contribution in [3.63, 3.8) is 0 Å². The minimum atomic E-state index is 0.580. The maximum absolute atomic E-state index is 9.71. The van der Waals surface area contributed by atoms with Gasteiger partial charge in [0.05, 0.1) is 34.5 Å². The second-order valence-corrected chi connectivity index (χ2v) is 15.3. The highest BCUT2D eigenvalue weighted by Crippen LogP contribution is 2.53. The summed E-state index contributed by atoms with van der Waals surface area (Å²) >= 11 is 0. The van der Waals surface area contributed by atoms with Gasteiger partial charge in [-0.1, -0.05) is 109 Å². The molecule has 0 saturated carbocycles. The number of fused-ring (bicyclic) bond motifs is 7. The van der Waals surface area contributed by atoms with Crippen LogP contribution in [0.4, 0.5) is 0 Å². The lowest BCUT2D eigenvalue weighted by atomic mass is 9.83. The molecule has 1 heterocycles. The molecule has 3 aliphatic carbocycles. The molecule has 266 valence electrons. The molecule has 0 radical (unpaired) electrons. The molecule has 12 rings (SSSR count). The zero-order chi connectivity index (χ0) is 38.5. The van der Waals surface area contributed by atoms with Crippen LogP contribution in [0, 0.1) is 22.7 Å². The summed E-state index contributed by atoms with van der Waals surface area (Å²) in [7, 11) is 0. The number of nitrogens with zero attached hydrogens (tertiary/aromatic N) is 4. The zero-order valence-electron chi connectivity index (χ0n) is 31.2. The Balaban J connectivity index is 1.19. The third kappa shape index (κ3) is 4.61. The molecule has 1 aromatic heterocycles. The van der Waals surface area contributed by atoms with E-state index in [1.807, 2.05) is 48.5 Å². The molecule has 3 aliphatic rings. The molecule has 0 unspecified atom stereocenters. The summed E-state index contributed by atoms with van der Waals surface area (Å²) < 4.78 is 0. The van der Waals surface area contributed by atoms with Crippen molar-refractivity contribution < 1.29 is 0 Å². The van der Waals surface area contributed by atoms with Crippen LogP contribution < -0.4 is 0 Å². The third-order valence-corrected chi connectivity index (χ3v) is 12.3. The van der Waals surface area contributed by atoms with Gasteiger partial charge in [-0.2, -0.15) is 10.5 Å². The predicted octanol–water partition coefficient (Wildman–Crippen LogP) is 13.2. The molecule has 0 bridgehead atoms. The van der Waals surface area contributed by atoms with Crippen molar-refractivity contribution in [3.8, 4) is 90.4 Å². The van der Waals surface area contributed by atoms with Crippen molar-refractivity contribution in [2.45, 2.75) is 12.8 Å². The van der Waals surface area contributed by atoms with Crippen molar-refractivity contribution in [1.82, 2.24) is 9.97 Å². The molecule has 0 aliphatic heterocycles. The molecule has 0 atom stereocenters. The zero-order valence-corrected chi connectivity index (χ0v) is 31.2. The van der Waals surface area contributed by atoms with Crippen molar-refractivity contribution in [3.05, 3.63) is 186 Å². The first-order valence-electron chi connectivity index (χ1n) is 19.7. The van der Waals surface area contributed by atoms with Crippen molar-refractivity contribution in [2.75, 3.05) is 0 Å². The van der Waals surface area contributed by atoms with Gasteiger partial charge in [-0.3, -0.25) is 0 Å². The molecule has 58 heavy (non-hydrogen) atoms. The molecule has 0 fully saturated rings. The average molecular weight is 735 g/mol. The quantitative estimate of drug-likeness (QED) is 0.180. The lowest BCUT2D eigenvalue weighted by Gasteiger charge is -2.22. The maximum atomic E-state index is 9.71. The van der Waals surface area contributed by atoms with E-state index < -0.39 is 0 Å². The SMILES string of the molecule is N#Cc1ccc(-c2nc(-c3ccc(C#N)cc3)c3cc(-c4ccc5c6c(cccc46)-c4ccccc4-5)cc(-c4ccc5c6c4CCC=C6c4ccccc4-5)c3n2)cc1. The summed E-state index contributed by atoms with van der Waals surface area (Å²) in [6.07, 6.45) is 4.30. The smallest absolute Gasteiger partial charge is 0.160 e. The largest absolute Gasteiger partial charge is 0.227 e. The van der Waals surface area contributed by atoms with Crippen molar-refractivity contribution >= 4 is 27.2 Å². The van der Waals surface area contributed by atoms with Crippen LogP contribution in [0.3, 0.4) is 0 Å². The van der Waals surface area contributed by atoms with E-state index in [4.69, 9.17) is 9.97 Å². The van der Waals surface area contributed by atoms with Gasteiger partial charge in [0.1, 0.15) is 0 Å². The summed E-state index contributed by atoms with van der Waals surface area (Å²) in [4.78, 5) is 10.8. The summed E-state index contributed by atoms with van der Waals surface area (Å²) in [6, 6.07) is 57.6. The Morgan fingerprint density at radius 2 is 1.05 bits per heavy atom. The van der Waals surface area contributed by atoms with E-state index in [2.05, 4.69) is 121 Å². The first kappa shape index (κ1) is 32.3. The molecule has 8 aromatic carbocycles. The fraction of sp³-hybridized carbons (Fsp3) is 0.0370. The highest BCUT2D eigenvalue weighted by Gasteiger charge is 2.31. The highest BCUT2D eigenvalue weighted by atomic mass is 14.9. The van der Waals surface area contributed by atoms with Gasteiger partial charge in [-0.05, 0) is 144 Å². The second kappa shape index (κ2) is 12.3. The van der Waals surface area contributed by atoms with Crippen molar-refractivity contribution in [1.29, 1.82) is 10.5 Å². The predicted molar refractivity (Wildman–Crippen MR) is 233 cm³/mol. The number of aromatic nitrogens is 2. The van der Waals surface area contributed by atoms with Gasteiger partial charge in [-0.25, -0.2) is 9.97 Å². The number of rotatable bonds is 4. The van der Waals surface area contributed by atoms with Gasteiger partial charge in [0, 0.05) is 22.1 Å². The van der Waals surface area contributed by atoms with E-state index in [9.17, 15) is 10.5 Å². The topological polar surface area (TPSA) is 73.4 Å². The molecule has 4 heteroatoms. The van der Waals surface area contributed by atoms with Crippen LogP contribution >= 0.6 is 0 Å². The molecule has 9 aromatic rings. The molecular formula is C54H30N4. The van der Waals surface area contributed by atoms with Gasteiger partial charge >= 0.3 is 0 Å². The van der Waals surface area contributed by atoms with Crippen LogP contribution in [0.15, 0.2) is 158 Å². The molecule has 0 spiro atoms. The van der Waals surface area contributed by atoms with Crippen LogP contribution in [0.5, 0.6) is 0 Å². The van der Waals surface area contributed by atoms with Gasteiger partial charge < -0.3 is 0 Å². The van der Waals surface area contributed by atoms with E-state index in [1.165, 1.54) is 72.0 Å². The van der Waals surface area contributed by atoms with E-state index >= 15 is 0 Å². The Bertz CT molecular complexity index is 3360. The van der Waals surface area contributed by atoms with Crippen molar-refractivity contribution in [2.24, 2.45) is 0 Å². The van der Waals surface area contributed by atoms with E-state index in [0.717, 1.165) is 57.3 Å². The van der Waals surface area contributed by atoms with Crippen LogP contribution in [-0.4, -0.2) is 9.97 Å². The number of hydrogen-bond donors (Lipinski definition) is 0. The lowest BCUT2D eigenvalue weighted by molar-refractivity contribution is 0.984.